The largest absolute Gasteiger partial charge is 0.444 e. The third-order valence-electron chi connectivity index (χ3n) is 5.63. The number of nitrogens with one attached hydrogen (secondary N) is 2. The molecule has 3 rings (SSSR count). The molecule has 1 heterocycles. The van der Waals surface area contributed by atoms with Crippen molar-refractivity contribution in [2.24, 2.45) is 5.92 Å². The van der Waals surface area contributed by atoms with Crippen LogP contribution in [-0.4, -0.2) is 42.7 Å². The van der Waals surface area contributed by atoms with Crippen LogP contribution >= 0.6 is 11.6 Å². The number of nitrogens with zero attached hydrogens (tertiary/aromatic N) is 2. The molecule has 9 nitrogen and oxygen atoms in total. The average molecular weight is 510 g/mol. The van der Waals surface area contributed by atoms with Crippen LogP contribution in [0.3, 0.4) is 0 Å². The van der Waals surface area contributed by atoms with Gasteiger partial charge in [0.05, 0.1) is 10.7 Å². The van der Waals surface area contributed by atoms with Gasteiger partial charge < -0.3 is 15.8 Å². The molecule has 1 aliphatic rings. The number of sulfonamides is 1. The summed E-state index contributed by atoms with van der Waals surface area (Å²) >= 11 is 6.27. The van der Waals surface area contributed by atoms with Gasteiger partial charge in [-0.3, -0.25) is 0 Å². The van der Waals surface area contributed by atoms with Crippen molar-refractivity contribution in [3.05, 3.63) is 35.1 Å². The highest BCUT2D eigenvalue weighted by molar-refractivity contribution is 7.89. The van der Waals surface area contributed by atoms with Crippen molar-refractivity contribution in [1.29, 1.82) is 0 Å². The predicted octanol–water partition coefficient (Wildman–Crippen LogP) is 4.05. The van der Waals surface area contributed by atoms with Gasteiger partial charge in [0.2, 0.25) is 16.0 Å². The number of alkyl carbamates (subject to hydrolysis) is 1. The van der Waals surface area contributed by atoms with E-state index in [2.05, 4.69) is 20.0 Å². The lowest BCUT2D eigenvalue weighted by atomic mass is 9.86. The van der Waals surface area contributed by atoms with Crippen molar-refractivity contribution >= 4 is 33.7 Å². The number of nitrogen functional groups attached to an aromatic ring is 1. The van der Waals surface area contributed by atoms with Crippen molar-refractivity contribution in [1.82, 2.24) is 20.0 Å². The van der Waals surface area contributed by atoms with E-state index in [0.29, 0.717) is 36.2 Å². The van der Waals surface area contributed by atoms with E-state index in [4.69, 9.17) is 22.1 Å². The Balaban J connectivity index is 1.62. The number of halogens is 1. The first-order chi connectivity index (χ1) is 15.8. The van der Waals surface area contributed by atoms with E-state index in [1.807, 2.05) is 20.8 Å². The van der Waals surface area contributed by atoms with Crippen molar-refractivity contribution in [3.8, 4) is 11.1 Å². The molecule has 0 unspecified atom stereocenters. The number of hydrogen-bond acceptors (Lipinski definition) is 7. The predicted molar refractivity (Wildman–Crippen MR) is 132 cm³/mol. The average Bonchev–Trinajstić information content (AvgIpc) is 2.72. The van der Waals surface area contributed by atoms with Gasteiger partial charge >= 0.3 is 6.09 Å². The fraction of sp³-hybridized carbons (Fsp3) is 0.522. The molecule has 0 saturated heterocycles. The van der Waals surface area contributed by atoms with Gasteiger partial charge in [0.15, 0.2) is 0 Å². The summed E-state index contributed by atoms with van der Waals surface area (Å²) in [5.74, 6) is 0.426. The van der Waals surface area contributed by atoms with Crippen molar-refractivity contribution < 1.29 is 17.9 Å². The van der Waals surface area contributed by atoms with Gasteiger partial charge in [0.1, 0.15) is 10.5 Å². The summed E-state index contributed by atoms with van der Waals surface area (Å²) in [6.45, 7) is 7.74. The SMILES string of the molecule is Cc1nc(N)ncc1-c1ccc(Cl)c(S(=O)(=O)N[C@H]2CC[C@H](CNC(=O)OC(C)(C)C)CC2)c1. The Morgan fingerprint density at radius 2 is 1.91 bits per heavy atom. The first kappa shape index (κ1) is 26.2. The van der Waals surface area contributed by atoms with E-state index in [0.717, 1.165) is 12.8 Å². The first-order valence-corrected chi connectivity index (χ1v) is 13.1. The molecule has 4 N–H and O–H groups in total. The number of aryl methyl sites for hydroxylation is 1. The number of anilines is 1. The van der Waals surface area contributed by atoms with Crippen LogP contribution < -0.4 is 15.8 Å². The van der Waals surface area contributed by atoms with Crippen molar-refractivity contribution in [3.63, 3.8) is 0 Å². The molecular formula is C23H32ClN5O4S. The number of carbonyl (C=O) groups is 1. The Morgan fingerprint density at radius 3 is 2.53 bits per heavy atom. The Hall–Kier alpha value is -2.43. The zero-order valence-electron chi connectivity index (χ0n) is 19.9. The Morgan fingerprint density at radius 1 is 1.24 bits per heavy atom. The molecule has 0 aliphatic heterocycles. The number of aromatic nitrogens is 2. The molecule has 1 saturated carbocycles. The van der Waals surface area contributed by atoms with Crippen LogP contribution in [0, 0.1) is 12.8 Å². The summed E-state index contributed by atoms with van der Waals surface area (Å²) in [6, 6.07) is 4.61. The van der Waals surface area contributed by atoms with Crippen LogP contribution in [0.25, 0.3) is 11.1 Å². The molecule has 34 heavy (non-hydrogen) atoms. The maximum absolute atomic E-state index is 13.2. The van der Waals surface area contributed by atoms with Crippen LogP contribution in [0.5, 0.6) is 0 Å². The number of carbonyl (C=O) groups excluding carboxylic acids is 1. The van der Waals surface area contributed by atoms with Gasteiger partial charge in [-0.15, -0.1) is 0 Å². The standard InChI is InChI=1S/C23H32ClN5O4S/c1-14-18(13-26-21(25)28-14)16-7-10-19(24)20(11-16)34(31,32)29-17-8-5-15(6-9-17)12-27-22(30)33-23(2,3)4/h7,10-11,13,15,17,29H,5-6,8-9,12H2,1-4H3,(H,27,30)(H2,25,26,28)/t15-,17-. The molecule has 0 bridgehead atoms. The van der Waals surface area contributed by atoms with Gasteiger partial charge in [-0.2, -0.15) is 0 Å². The van der Waals surface area contributed by atoms with E-state index >= 15 is 0 Å². The summed E-state index contributed by atoms with van der Waals surface area (Å²) in [7, 11) is -3.84. The van der Waals surface area contributed by atoms with E-state index in [1.165, 1.54) is 6.07 Å². The maximum Gasteiger partial charge on any atom is 0.407 e. The molecule has 11 heteroatoms. The van der Waals surface area contributed by atoms with E-state index < -0.39 is 21.7 Å². The second-order valence-electron chi connectivity index (χ2n) is 9.59. The molecule has 0 atom stereocenters. The van der Waals surface area contributed by atoms with Crippen LogP contribution in [-0.2, 0) is 14.8 Å². The van der Waals surface area contributed by atoms with Crippen LogP contribution in [0.15, 0.2) is 29.3 Å². The Bertz CT molecular complexity index is 1140. The van der Waals surface area contributed by atoms with Crippen LogP contribution in [0.2, 0.25) is 5.02 Å². The summed E-state index contributed by atoms with van der Waals surface area (Å²) in [6.07, 6.45) is 4.05. The molecule has 186 valence electrons. The lowest BCUT2D eigenvalue weighted by Gasteiger charge is -2.29. The highest BCUT2D eigenvalue weighted by Crippen LogP contribution is 2.31. The fourth-order valence-electron chi connectivity index (χ4n) is 3.95. The summed E-state index contributed by atoms with van der Waals surface area (Å²) in [5.41, 5.74) is 7.04. The van der Waals surface area contributed by atoms with Gasteiger partial charge in [0, 0.05) is 24.3 Å². The maximum atomic E-state index is 13.2. The smallest absolute Gasteiger partial charge is 0.407 e. The van der Waals surface area contributed by atoms with Crippen LogP contribution in [0.1, 0.15) is 52.1 Å². The highest BCUT2D eigenvalue weighted by Gasteiger charge is 2.28. The lowest BCUT2D eigenvalue weighted by molar-refractivity contribution is 0.0514. The normalized spacial score (nSPS) is 19.0. The zero-order chi connectivity index (χ0) is 25.1. The third kappa shape index (κ3) is 7.04. The molecule has 0 spiro atoms. The Kier molecular flexibility index (Phi) is 8.05. The zero-order valence-corrected chi connectivity index (χ0v) is 21.5. The minimum Gasteiger partial charge on any atom is -0.444 e. The van der Waals surface area contributed by atoms with Gasteiger partial charge in [0.25, 0.3) is 0 Å². The summed E-state index contributed by atoms with van der Waals surface area (Å²) < 4.78 is 34.4. The van der Waals surface area contributed by atoms with Gasteiger partial charge in [-0.05, 0) is 77.0 Å². The molecule has 1 aliphatic carbocycles. The second-order valence-corrected chi connectivity index (χ2v) is 11.7. The number of nitrogens with two attached hydrogens (primary N) is 1. The van der Waals surface area contributed by atoms with Crippen LogP contribution in [0.4, 0.5) is 10.7 Å². The van der Waals surface area contributed by atoms with E-state index in [9.17, 15) is 13.2 Å². The molecule has 1 aromatic carbocycles. The van der Waals surface area contributed by atoms with Crippen molar-refractivity contribution in [2.75, 3.05) is 12.3 Å². The number of benzene rings is 1. The Labute approximate surface area is 205 Å². The third-order valence-corrected chi connectivity index (χ3v) is 7.63. The number of amides is 1. The monoisotopic (exact) mass is 509 g/mol. The molecule has 1 fully saturated rings. The second kappa shape index (κ2) is 10.5. The van der Waals surface area contributed by atoms with Gasteiger partial charge in [-0.25, -0.2) is 27.9 Å². The van der Waals surface area contributed by atoms with Gasteiger partial charge in [-0.1, -0.05) is 17.7 Å². The molecular weight excluding hydrogens is 478 g/mol. The number of rotatable bonds is 6. The fourth-order valence-corrected chi connectivity index (χ4v) is 5.79. The number of ether oxygens (including phenoxy) is 1. The topological polar surface area (TPSA) is 136 Å². The molecule has 0 radical (unpaired) electrons. The van der Waals surface area contributed by atoms with E-state index in [-0.39, 0.29) is 27.8 Å². The lowest BCUT2D eigenvalue weighted by Crippen LogP contribution is -2.40. The highest BCUT2D eigenvalue weighted by atomic mass is 35.5. The molecule has 2 aromatic rings. The van der Waals surface area contributed by atoms with E-state index in [1.54, 1.807) is 25.3 Å². The summed E-state index contributed by atoms with van der Waals surface area (Å²) in [5, 5.41) is 2.94. The summed E-state index contributed by atoms with van der Waals surface area (Å²) in [4.78, 5) is 20.0. The number of hydrogen-bond donors (Lipinski definition) is 3. The molecule has 1 amide bonds. The quantitative estimate of drug-likeness (QED) is 0.534. The molecule has 1 aromatic heterocycles. The minimum absolute atomic E-state index is 0.0107. The van der Waals surface area contributed by atoms with Crippen molar-refractivity contribution in [2.45, 2.75) is 69.9 Å². The first-order valence-electron chi connectivity index (χ1n) is 11.2. The minimum atomic E-state index is -3.84.